The van der Waals surface area contributed by atoms with Crippen LogP contribution in [0.4, 0.5) is 5.69 Å². The summed E-state index contributed by atoms with van der Waals surface area (Å²) in [5.41, 5.74) is 0.744. The molecule has 0 aliphatic carbocycles. The minimum absolute atomic E-state index is 0.0860. The summed E-state index contributed by atoms with van der Waals surface area (Å²) in [6, 6.07) is 11.6. The Bertz CT molecular complexity index is 817. The molecule has 1 unspecified atom stereocenters. The maximum absolute atomic E-state index is 12.7. The van der Waals surface area contributed by atoms with Gasteiger partial charge in [0.05, 0.1) is 6.26 Å². The molecule has 0 N–H and O–H groups in total. The van der Waals surface area contributed by atoms with E-state index < -0.39 is 12.0 Å². The number of hydrogen-bond acceptors (Lipinski definition) is 5. The summed E-state index contributed by atoms with van der Waals surface area (Å²) in [7, 11) is 0. The van der Waals surface area contributed by atoms with E-state index >= 15 is 0 Å². The molecular weight excluding hydrogens is 360 g/mol. The zero-order chi connectivity index (χ0) is 20.1. The predicted molar refractivity (Wildman–Crippen MR) is 103 cm³/mol. The van der Waals surface area contributed by atoms with E-state index in [-0.39, 0.29) is 30.2 Å². The molecule has 1 fully saturated rings. The fraction of sp³-hybridized carbons (Fsp3) is 0.381. The van der Waals surface area contributed by atoms with Crippen LogP contribution in [0.5, 0.6) is 0 Å². The Morgan fingerprint density at radius 2 is 1.93 bits per heavy atom. The number of carbonyl (C=O) groups is 3. The van der Waals surface area contributed by atoms with Crippen molar-refractivity contribution in [3.8, 4) is 0 Å². The lowest BCUT2D eigenvalue weighted by Crippen LogP contribution is -2.44. The Hall–Kier alpha value is -3.09. The lowest BCUT2D eigenvalue weighted by atomic mass is 10.2. The standard InChI is InChI=1S/C21H24N2O5/c1-15(2)23(16-8-4-3-5-9-16)19(24)14-28-21(26)17-10-6-12-22(17)20(25)18-11-7-13-27-18/h3-5,7-9,11,13,15,17H,6,10,12,14H2,1-2H3. The lowest BCUT2D eigenvalue weighted by molar-refractivity contribution is -0.151. The van der Waals surface area contributed by atoms with E-state index in [4.69, 9.17) is 9.15 Å². The van der Waals surface area contributed by atoms with Gasteiger partial charge in [-0.05, 0) is 51.0 Å². The van der Waals surface area contributed by atoms with Gasteiger partial charge in [-0.25, -0.2) is 4.79 Å². The molecule has 0 spiro atoms. The van der Waals surface area contributed by atoms with Crippen LogP contribution < -0.4 is 4.90 Å². The molecule has 1 atom stereocenters. The van der Waals surface area contributed by atoms with Crippen molar-refractivity contribution in [2.75, 3.05) is 18.1 Å². The van der Waals surface area contributed by atoms with E-state index in [1.807, 2.05) is 44.2 Å². The Balaban J connectivity index is 1.62. The fourth-order valence-corrected chi connectivity index (χ4v) is 3.41. The Morgan fingerprint density at radius 1 is 1.18 bits per heavy atom. The summed E-state index contributed by atoms with van der Waals surface area (Å²) < 4.78 is 10.4. The van der Waals surface area contributed by atoms with Gasteiger partial charge in [-0.2, -0.15) is 0 Å². The SMILES string of the molecule is CC(C)N(C(=O)COC(=O)C1CCCN1C(=O)c1ccco1)c1ccccc1. The molecule has 7 heteroatoms. The van der Waals surface area contributed by atoms with Gasteiger partial charge in [-0.1, -0.05) is 18.2 Å². The van der Waals surface area contributed by atoms with Crippen molar-refractivity contribution in [3.63, 3.8) is 0 Å². The number of furan rings is 1. The maximum Gasteiger partial charge on any atom is 0.329 e. The highest BCUT2D eigenvalue weighted by Gasteiger charge is 2.37. The largest absolute Gasteiger partial charge is 0.459 e. The van der Waals surface area contributed by atoms with Crippen LogP contribution in [0.25, 0.3) is 0 Å². The van der Waals surface area contributed by atoms with E-state index in [1.54, 1.807) is 17.0 Å². The van der Waals surface area contributed by atoms with Crippen LogP contribution in [-0.4, -0.2) is 47.9 Å². The Morgan fingerprint density at radius 3 is 2.57 bits per heavy atom. The number of para-hydroxylation sites is 1. The first kappa shape index (κ1) is 19.7. The summed E-state index contributed by atoms with van der Waals surface area (Å²) in [6.07, 6.45) is 2.62. The Labute approximate surface area is 163 Å². The quantitative estimate of drug-likeness (QED) is 0.716. The molecule has 1 saturated heterocycles. The molecule has 148 valence electrons. The first-order valence-electron chi connectivity index (χ1n) is 9.37. The highest BCUT2D eigenvalue weighted by Crippen LogP contribution is 2.22. The van der Waals surface area contributed by atoms with Crippen molar-refractivity contribution in [1.29, 1.82) is 0 Å². The Kier molecular flexibility index (Phi) is 6.13. The summed E-state index contributed by atoms with van der Waals surface area (Å²) in [5.74, 6) is -1.03. The molecule has 1 aliphatic rings. The average molecular weight is 384 g/mol. The van der Waals surface area contributed by atoms with E-state index in [0.717, 1.165) is 5.69 Å². The van der Waals surface area contributed by atoms with Crippen molar-refractivity contribution in [1.82, 2.24) is 4.90 Å². The first-order chi connectivity index (χ1) is 13.5. The molecular formula is C21H24N2O5. The number of nitrogens with zero attached hydrogens (tertiary/aromatic N) is 2. The van der Waals surface area contributed by atoms with Gasteiger partial charge < -0.3 is 19.0 Å². The summed E-state index contributed by atoms with van der Waals surface area (Å²) in [5, 5.41) is 0. The van der Waals surface area contributed by atoms with E-state index in [0.29, 0.717) is 19.4 Å². The molecule has 0 bridgehead atoms. The number of rotatable bonds is 6. The number of hydrogen-bond donors (Lipinski definition) is 0. The normalized spacial score (nSPS) is 16.2. The number of likely N-dealkylation sites (tertiary alicyclic amines) is 1. The maximum atomic E-state index is 12.7. The van der Waals surface area contributed by atoms with Gasteiger partial charge in [0.25, 0.3) is 11.8 Å². The lowest BCUT2D eigenvalue weighted by Gasteiger charge is -2.27. The van der Waals surface area contributed by atoms with E-state index in [9.17, 15) is 14.4 Å². The third kappa shape index (κ3) is 4.24. The van der Waals surface area contributed by atoms with Crippen LogP contribution in [0.15, 0.2) is 53.1 Å². The molecule has 3 rings (SSSR count). The third-order valence-electron chi connectivity index (χ3n) is 4.68. The van der Waals surface area contributed by atoms with E-state index in [2.05, 4.69) is 0 Å². The highest BCUT2D eigenvalue weighted by atomic mass is 16.5. The number of benzene rings is 1. The van der Waals surface area contributed by atoms with Gasteiger partial charge in [-0.3, -0.25) is 9.59 Å². The fourth-order valence-electron chi connectivity index (χ4n) is 3.41. The molecule has 2 aromatic rings. The summed E-state index contributed by atoms with van der Waals surface area (Å²) in [4.78, 5) is 40.7. The molecule has 7 nitrogen and oxygen atoms in total. The predicted octanol–water partition coefficient (Wildman–Crippen LogP) is 2.87. The van der Waals surface area contributed by atoms with Gasteiger partial charge in [0.1, 0.15) is 6.04 Å². The second kappa shape index (κ2) is 8.73. The molecule has 1 aromatic carbocycles. The van der Waals surface area contributed by atoms with Crippen LogP contribution in [0, 0.1) is 0 Å². The molecule has 1 aromatic heterocycles. The van der Waals surface area contributed by atoms with Crippen molar-refractivity contribution in [2.45, 2.75) is 38.8 Å². The van der Waals surface area contributed by atoms with Crippen LogP contribution in [-0.2, 0) is 14.3 Å². The van der Waals surface area contributed by atoms with Crippen LogP contribution in [0.1, 0.15) is 37.2 Å². The minimum atomic E-state index is -0.699. The highest BCUT2D eigenvalue weighted by molar-refractivity contribution is 5.97. The summed E-state index contributed by atoms with van der Waals surface area (Å²) in [6.45, 7) is 3.88. The van der Waals surface area contributed by atoms with Crippen LogP contribution in [0.2, 0.25) is 0 Å². The smallest absolute Gasteiger partial charge is 0.329 e. The summed E-state index contributed by atoms with van der Waals surface area (Å²) >= 11 is 0. The molecule has 0 saturated carbocycles. The first-order valence-corrected chi connectivity index (χ1v) is 9.37. The zero-order valence-corrected chi connectivity index (χ0v) is 16.0. The molecule has 28 heavy (non-hydrogen) atoms. The van der Waals surface area contributed by atoms with Gasteiger partial charge in [0, 0.05) is 18.3 Å². The van der Waals surface area contributed by atoms with Crippen molar-refractivity contribution < 1.29 is 23.5 Å². The van der Waals surface area contributed by atoms with Gasteiger partial charge in [-0.15, -0.1) is 0 Å². The van der Waals surface area contributed by atoms with Crippen LogP contribution in [0.3, 0.4) is 0 Å². The van der Waals surface area contributed by atoms with Crippen molar-refractivity contribution in [3.05, 3.63) is 54.5 Å². The topological polar surface area (TPSA) is 80.1 Å². The van der Waals surface area contributed by atoms with E-state index in [1.165, 1.54) is 11.2 Å². The second-order valence-electron chi connectivity index (χ2n) is 6.93. The second-order valence-corrected chi connectivity index (χ2v) is 6.93. The number of anilines is 1. The average Bonchev–Trinajstić information content (AvgIpc) is 3.38. The third-order valence-corrected chi connectivity index (χ3v) is 4.68. The van der Waals surface area contributed by atoms with Gasteiger partial charge in [0.2, 0.25) is 0 Å². The number of amides is 2. The van der Waals surface area contributed by atoms with Gasteiger partial charge in [0.15, 0.2) is 12.4 Å². The van der Waals surface area contributed by atoms with Crippen LogP contribution >= 0.6 is 0 Å². The van der Waals surface area contributed by atoms with Crippen molar-refractivity contribution in [2.24, 2.45) is 0 Å². The zero-order valence-electron chi connectivity index (χ0n) is 16.0. The van der Waals surface area contributed by atoms with Crippen molar-refractivity contribution >= 4 is 23.5 Å². The molecule has 0 radical (unpaired) electrons. The van der Waals surface area contributed by atoms with Gasteiger partial charge >= 0.3 is 5.97 Å². The monoisotopic (exact) mass is 384 g/mol. The molecule has 2 heterocycles. The number of ether oxygens (including phenoxy) is 1. The number of esters is 1. The molecule has 2 amide bonds. The minimum Gasteiger partial charge on any atom is -0.459 e. The number of carbonyl (C=O) groups excluding carboxylic acids is 3. The molecule has 1 aliphatic heterocycles.